The third-order valence-electron chi connectivity index (χ3n) is 3.29. The molecule has 0 amide bonds. The topological polar surface area (TPSA) is 27.7 Å². The summed E-state index contributed by atoms with van der Waals surface area (Å²) >= 11 is 12.0. The summed E-state index contributed by atoms with van der Waals surface area (Å²) in [6.45, 7) is 3.19. The fourth-order valence-electron chi connectivity index (χ4n) is 2.06. The molecule has 0 aliphatic heterocycles. The Labute approximate surface area is 147 Å². The highest BCUT2D eigenvalue weighted by Crippen LogP contribution is 2.31. The van der Waals surface area contributed by atoms with Gasteiger partial charge in [-0.1, -0.05) is 35.3 Å². The van der Waals surface area contributed by atoms with Gasteiger partial charge in [0.1, 0.15) is 10.8 Å². The zero-order chi connectivity index (χ0) is 16.7. The van der Waals surface area contributed by atoms with E-state index in [1.807, 2.05) is 37.3 Å². The Morgan fingerprint density at radius 3 is 2.26 bits per heavy atom. The lowest BCUT2D eigenvalue weighted by atomic mass is 10.2. The highest BCUT2D eigenvalue weighted by atomic mass is 35.5. The number of hydrogen-bond donors (Lipinski definition) is 0. The second-order valence-corrected chi connectivity index (χ2v) is 5.90. The minimum Gasteiger partial charge on any atom is -0.493 e. The molecule has 0 radical (unpaired) electrons. The van der Waals surface area contributed by atoms with Gasteiger partial charge in [0.25, 0.3) is 0 Å². The van der Waals surface area contributed by atoms with E-state index in [-0.39, 0.29) is 0 Å². The van der Waals surface area contributed by atoms with Gasteiger partial charge in [0.15, 0.2) is 11.5 Å². The minimum absolute atomic E-state index is 0.454. The Hall–Kier alpha value is -1.58. The second kappa shape index (κ2) is 8.90. The third kappa shape index (κ3) is 5.22. The molecule has 0 fully saturated rings. The molecular formula is C18H20Cl2O3. The fraction of sp³-hybridized carbons (Fsp3) is 0.333. The molecule has 5 heteroatoms. The molecular weight excluding hydrogens is 335 g/mol. The maximum absolute atomic E-state index is 6.06. The van der Waals surface area contributed by atoms with Crippen LogP contribution in [0.3, 0.4) is 0 Å². The molecule has 0 unspecified atom stereocenters. The van der Waals surface area contributed by atoms with Crippen LogP contribution in [0.1, 0.15) is 18.4 Å². The summed E-state index contributed by atoms with van der Waals surface area (Å²) in [5.41, 5.74) is 1.14. The average Bonchev–Trinajstić information content (AvgIpc) is 2.55. The van der Waals surface area contributed by atoms with Gasteiger partial charge in [-0.2, -0.15) is 0 Å². The first-order chi connectivity index (χ1) is 11.1. The number of halogens is 2. The molecule has 0 aromatic heterocycles. The summed E-state index contributed by atoms with van der Waals surface area (Å²) in [5, 5.41) is 0.953. The van der Waals surface area contributed by atoms with Crippen LogP contribution in [0.15, 0.2) is 36.4 Å². The van der Waals surface area contributed by atoms with Crippen LogP contribution in [0, 0.1) is 6.92 Å². The first-order valence-corrected chi connectivity index (χ1v) is 8.21. The SMILES string of the molecule is COc1cc(C)ccc1OCCCCOc1cccc(Cl)c1Cl. The average molecular weight is 355 g/mol. The van der Waals surface area contributed by atoms with Gasteiger partial charge in [-0.15, -0.1) is 0 Å². The standard InChI is InChI=1S/C18H20Cl2O3/c1-13-8-9-15(17(12-13)21-2)22-10-3-4-11-23-16-7-5-6-14(19)18(16)20/h5-9,12H,3-4,10-11H2,1-2H3. The van der Waals surface area contributed by atoms with E-state index in [1.165, 1.54) is 0 Å². The van der Waals surface area contributed by atoms with E-state index >= 15 is 0 Å². The Morgan fingerprint density at radius 1 is 0.870 bits per heavy atom. The Bertz CT molecular complexity index is 644. The van der Waals surface area contributed by atoms with Gasteiger partial charge in [-0.05, 0) is 49.6 Å². The van der Waals surface area contributed by atoms with E-state index in [0.717, 1.165) is 29.9 Å². The zero-order valence-corrected chi connectivity index (χ0v) is 14.8. The second-order valence-electron chi connectivity index (χ2n) is 5.11. The summed E-state index contributed by atoms with van der Waals surface area (Å²) < 4.78 is 16.7. The summed E-state index contributed by atoms with van der Waals surface area (Å²) in [7, 11) is 1.64. The van der Waals surface area contributed by atoms with Crippen molar-refractivity contribution in [1.82, 2.24) is 0 Å². The maximum atomic E-state index is 6.06. The van der Waals surface area contributed by atoms with E-state index in [1.54, 1.807) is 13.2 Å². The first kappa shape index (κ1) is 17.8. The number of hydrogen-bond acceptors (Lipinski definition) is 3. The van der Waals surface area contributed by atoms with E-state index < -0.39 is 0 Å². The number of methoxy groups -OCH3 is 1. The van der Waals surface area contributed by atoms with Crippen molar-refractivity contribution in [2.75, 3.05) is 20.3 Å². The van der Waals surface area contributed by atoms with E-state index in [0.29, 0.717) is 29.0 Å². The van der Waals surface area contributed by atoms with Crippen LogP contribution in [0.5, 0.6) is 17.2 Å². The molecule has 23 heavy (non-hydrogen) atoms. The molecule has 0 saturated heterocycles. The lowest BCUT2D eigenvalue weighted by Crippen LogP contribution is -2.03. The van der Waals surface area contributed by atoms with Crippen molar-refractivity contribution < 1.29 is 14.2 Å². The molecule has 0 atom stereocenters. The fourth-order valence-corrected chi connectivity index (χ4v) is 2.40. The summed E-state index contributed by atoms with van der Waals surface area (Å²) in [6, 6.07) is 11.2. The van der Waals surface area contributed by atoms with Gasteiger partial charge in [0.05, 0.1) is 25.3 Å². The third-order valence-corrected chi connectivity index (χ3v) is 4.09. The van der Waals surface area contributed by atoms with Gasteiger partial charge in [0, 0.05) is 0 Å². The first-order valence-electron chi connectivity index (χ1n) is 7.46. The van der Waals surface area contributed by atoms with Crippen LogP contribution in [0.4, 0.5) is 0 Å². The summed E-state index contributed by atoms with van der Waals surface area (Å²) in [6.07, 6.45) is 1.73. The Morgan fingerprint density at radius 2 is 1.57 bits per heavy atom. The number of unbranched alkanes of at least 4 members (excludes halogenated alkanes) is 1. The van der Waals surface area contributed by atoms with Crippen LogP contribution >= 0.6 is 23.2 Å². The van der Waals surface area contributed by atoms with Crippen LogP contribution in [-0.4, -0.2) is 20.3 Å². The molecule has 0 N–H and O–H groups in total. The van der Waals surface area contributed by atoms with Gasteiger partial charge in [-0.3, -0.25) is 0 Å². The zero-order valence-electron chi connectivity index (χ0n) is 13.3. The van der Waals surface area contributed by atoms with Crippen molar-refractivity contribution >= 4 is 23.2 Å². The highest BCUT2D eigenvalue weighted by molar-refractivity contribution is 6.42. The smallest absolute Gasteiger partial charge is 0.161 e. The highest BCUT2D eigenvalue weighted by Gasteiger charge is 2.06. The molecule has 0 saturated carbocycles. The van der Waals surface area contributed by atoms with Crippen molar-refractivity contribution in [2.45, 2.75) is 19.8 Å². The predicted octanol–water partition coefficient (Wildman–Crippen LogP) is 5.55. The largest absolute Gasteiger partial charge is 0.493 e. The van der Waals surface area contributed by atoms with Crippen LogP contribution < -0.4 is 14.2 Å². The molecule has 0 bridgehead atoms. The lowest BCUT2D eigenvalue weighted by molar-refractivity contribution is 0.258. The number of ether oxygens (including phenoxy) is 3. The monoisotopic (exact) mass is 354 g/mol. The van der Waals surface area contributed by atoms with Crippen molar-refractivity contribution in [2.24, 2.45) is 0 Å². The summed E-state index contributed by atoms with van der Waals surface area (Å²) in [4.78, 5) is 0. The van der Waals surface area contributed by atoms with Crippen LogP contribution in [0.25, 0.3) is 0 Å². The molecule has 3 nitrogen and oxygen atoms in total. The predicted molar refractivity (Wildman–Crippen MR) is 94.4 cm³/mol. The molecule has 0 aliphatic rings. The van der Waals surface area contributed by atoms with Crippen molar-refractivity contribution in [1.29, 1.82) is 0 Å². The Balaban J connectivity index is 1.71. The van der Waals surface area contributed by atoms with Gasteiger partial charge < -0.3 is 14.2 Å². The summed E-state index contributed by atoms with van der Waals surface area (Å²) in [5.74, 6) is 2.13. The van der Waals surface area contributed by atoms with E-state index in [9.17, 15) is 0 Å². The lowest BCUT2D eigenvalue weighted by Gasteiger charge is -2.12. The molecule has 2 aromatic rings. The normalized spacial score (nSPS) is 10.4. The maximum Gasteiger partial charge on any atom is 0.161 e. The number of rotatable bonds is 8. The number of aryl methyl sites for hydroxylation is 1. The van der Waals surface area contributed by atoms with E-state index in [4.69, 9.17) is 37.4 Å². The molecule has 0 aliphatic carbocycles. The molecule has 0 heterocycles. The van der Waals surface area contributed by atoms with Crippen LogP contribution in [0.2, 0.25) is 10.0 Å². The van der Waals surface area contributed by atoms with Crippen LogP contribution in [-0.2, 0) is 0 Å². The van der Waals surface area contributed by atoms with Crippen molar-refractivity contribution in [3.8, 4) is 17.2 Å². The van der Waals surface area contributed by atoms with E-state index in [2.05, 4.69) is 0 Å². The number of benzene rings is 2. The van der Waals surface area contributed by atoms with Gasteiger partial charge in [0.2, 0.25) is 0 Å². The van der Waals surface area contributed by atoms with Crippen molar-refractivity contribution in [3.63, 3.8) is 0 Å². The minimum atomic E-state index is 0.454. The Kier molecular flexibility index (Phi) is 6.87. The quantitative estimate of drug-likeness (QED) is 0.581. The van der Waals surface area contributed by atoms with Crippen molar-refractivity contribution in [3.05, 3.63) is 52.0 Å². The van der Waals surface area contributed by atoms with Gasteiger partial charge in [-0.25, -0.2) is 0 Å². The molecule has 2 rings (SSSR count). The molecule has 2 aromatic carbocycles. The molecule has 0 spiro atoms. The van der Waals surface area contributed by atoms with Gasteiger partial charge >= 0.3 is 0 Å². The molecule has 124 valence electrons.